The molecule has 0 saturated carbocycles. The zero-order valence-electron chi connectivity index (χ0n) is 58.7. The van der Waals surface area contributed by atoms with Gasteiger partial charge in [0.15, 0.2) is 0 Å². The fourth-order valence-electron chi connectivity index (χ4n) is 7.82. The van der Waals surface area contributed by atoms with E-state index in [9.17, 15) is 0 Å². The molecule has 27 nitrogen and oxygen atoms in total. The summed E-state index contributed by atoms with van der Waals surface area (Å²) in [6.07, 6.45) is 16.4. The van der Waals surface area contributed by atoms with Crippen molar-refractivity contribution in [3.05, 3.63) is 0 Å². The highest BCUT2D eigenvalue weighted by molar-refractivity contribution is 4.49. The van der Waals surface area contributed by atoms with E-state index < -0.39 is 0 Å². The zero-order valence-corrected chi connectivity index (χ0v) is 58.7. The van der Waals surface area contributed by atoms with Gasteiger partial charge in [0, 0.05) is 33.0 Å². The van der Waals surface area contributed by atoms with Crippen molar-refractivity contribution in [2.45, 2.75) is 90.4 Å². The molecule has 0 aromatic heterocycles. The lowest BCUT2D eigenvalue weighted by Crippen LogP contribution is -2.15. The average Bonchev–Trinajstić information content (AvgIpc) is 3.59. The van der Waals surface area contributed by atoms with Crippen LogP contribution in [0.2, 0.25) is 0 Å². The largest absolute Gasteiger partial charge is 0.394 e. The maximum absolute atomic E-state index is 8.62. The highest BCUT2D eigenvalue weighted by Gasteiger charge is 2.02. The topological polar surface area (TPSA) is 260 Å². The molecule has 0 aliphatic carbocycles. The molecule has 0 bridgehead atoms. The summed E-state index contributed by atoms with van der Waals surface area (Å²) in [5.41, 5.74) is 0. The first-order valence-corrected chi connectivity index (χ1v) is 35.5. The molecule has 0 saturated heterocycles. The third-order valence-corrected chi connectivity index (χ3v) is 12.8. The minimum atomic E-state index is 0.0184. The molecule has 566 valence electrons. The maximum Gasteiger partial charge on any atom is 0.0701 e. The Balaban J connectivity index is 3.09. The molecule has 0 aromatic carbocycles. The Morgan fingerprint density at radius 3 is 0.372 bits per heavy atom. The molecule has 0 aromatic rings. The first-order chi connectivity index (χ1) is 46.9. The van der Waals surface area contributed by atoms with Crippen LogP contribution in [0, 0.1) is 0 Å². The SMILES string of the molecule is CCCCCCCCCCCCCOCCOCCOCCOCCOCCOCCOCCOCCOCCOCCOCCOCCOCCCOCCCOCCOCCOCCOCCOCCOCCOCCOCCOCCOCCOCCOCCO. The summed E-state index contributed by atoms with van der Waals surface area (Å²) in [7, 11) is 0. The first kappa shape index (κ1) is 92.9. The van der Waals surface area contributed by atoms with E-state index in [0.717, 1.165) is 25.9 Å². The van der Waals surface area contributed by atoms with Gasteiger partial charge in [-0.05, 0) is 19.3 Å². The second-order valence-electron chi connectivity index (χ2n) is 20.9. The zero-order chi connectivity index (χ0) is 67.1. The van der Waals surface area contributed by atoms with Gasteiger partial charge in [-0.25, -0.2) is 0 Å². The van der Waals surface area contributed by atoms with E-state index in [-0.39, 0.29) is 6.61 Å². The van der Waals surface area contributed by atoms with Gasteiger partial charge in [-0.1, -0.05) is 71.1 Å². The molecule has 27 heteroatoms. The lowest BCUT2D eigenvalue weighted by Gasteiger charge is -2.09. The Kier molecular flexibility index (Phi) is 90.9. The van der Waals surface area contributed by atoms with E-state index in [4.69, 9.17) is 128 Å². The molecule has 0 unspecified atom stereocenters. The normalized spacial score (nSPS) is 11.8. The summed E-state index contributed by atoms with van der Waals surface area (Å²) in [6, 6.07) is 0. The number of aliphatic hydroxyl groups is 1. The average molecular weight is 1370 g/mol. The van der Waals surface area contributed by atoms with Crippen LogP contribution in [0.15, 0.2) is 0 Å². The van der Waals surface area contributed by atoms with E-state index in [1.54, 1.807) is 0 Å². The molecule has 0 radical (unpaired) electrons. The third kappa shape index (κ3) is 90.9. The Morgan fingerprint density at radius 1 is 0.117 bits per heavy atom. The number of unbranched alkanes of at least 4 members (excludes halogenated alkanes) is 10. The van der Waals surface area contributed by atoms with Crippen LogP contribution in [0.1, 0.15) is 90.4 Å². The van der Waals surface area contributed by atoms with E-state index >= 15 is 0 Å². The lowest BCUT2D eigenvalue weighted by atomic mass is 10.1. The van der Waals surface area contributed by atoms with Crippen molar-refractivity contribution >= 4 is 0 Å². The van der Waals surface area contributed by atoms with Gasteiger partial charge in [0.1, 0.15) is 0 Å². The highest BCUT2D eigenvalue weighted by Crippen LogP contribution is 2.11. The predicted molar refractivity (Wildman–Crippen MR) is 354 cm³/mol. The summed E-state index contributed by atoms with van der Waals surface area (Å²) >= 11 is 0. The van der Waals surface area contributed by atoms with Gasteiger partial charge in [-0.15, -0.1) is 0 Å². The van der Waals surface area contributed by atoms with Gasteiger partial charge in [-0.3, -0.25) is 0 Å². The van der Waals surface area contributed by atoms with Gasteiger partial charge in [0.2, 0.25) is 0 Å². The van der Waals surface area contributed by atoms with E-state index in [1.165, 1.54) is 64.2 Å². The molecular formula is C67H136O27. The lowest BCUT2D eigenvalue weighted by molar-refractivity contribution is -0.0292. The summed E-state index contributed by atoms with van der Waals surface area (Å²) < 4.78 is 144. The number of ether oxygens (including phenoxy) is 26. The number of rotatable bonds is 91. The minimum Gasteiger partial charge on any atom is -0.394 e. The Hall–Kier alpha value is -1.08. The molecule has 0 fully saturated rings. The van der Waals surface area contributed by atoms with E-state index in [1.807, 2.05) is 0 Å². The summed E-state index contributed by atoms with van der Waals surface area (Å²) in [5, 5.41) is 8.62. The van der Waals surface area contributed by atoms with Crippen LogP contribution in [0.25, 0.3) is 0 Å². The Morgan fingerprint density at radius 2 is 0.223 bits per heavy atom. The van der Waals surface area contributed by atoms with Gasteiger partial charge in [0.25, 0.3) is 0 Å². The molecule has 0 aliphatic heterocycles. The van der Waals surface area contributed by atoms with E-state index in [0.29, 0.717) is 337 Å². The van der Waals surface area contributed by atoms with Crippen LogP contribution in [0.3, 0.4) is 0 Å². The van der Waals surface area contributed by atoms with Crippen molar-refractivity contribution in [1.82, 2.24) is 0 Å². The van der Waals surface area contributed by atoms with Crippen LogP contribution >= 0.6 is 0 Å². The molecule has 0 spiro atoms. The second-order valence-corrected chi connectivity index (χ2v) is 20.9. The van der Waals surface area contributed by atoms with Gasteiger partial charge >= 0.3 is 0 Å². The maximum atomic E-state index is 8.62. The molecule has 0 amide bonds. The summed E-state index contributed by atoms with van der Waals surface area (Å²) in [4.78, 5) is 0. The van der Waals surface area contributed by atoms with Gasteiger partial charge in [-0.2, -0.15) is 0 Å². The van der Waals surface area contributed by atoms with Gasteiger partial charge in [0.05, 0.1) is 317 Å². The number of aliphatic hydroxyl groups excluding tert-OH is 1. The van der Waals surface area contributed by atoms with Crippen molar-refractivity contribution in [3.63, 3.8) is 0 Å². The third-order valence-electron chi connectivity index (χ3n) is 12.8. The van der Waals surface area contributed by atoms with Crippen molar-refractivity contribution in [2.24, 2.45) is 0 Å². The van der Waals surface area contributed by atoms with E-state index in [2.05, 4.69) is 6.92 Å². The van der Waals surface area contributed by atoms with Crippen LogP contribution < -0.4 is 0 Å². The van der Waals surface area contributed by atoms with Crippen molar-refractivity contribution in [1.29, 1.82) is 0 Å². The Bertz CT molecular complexity index is 1190. The number of hydrogen-bond donors (Lipinski definition) is 1. The molecule has 1 N–H and O–H groups in total. The fraction of sp³-hybridized carbons (Fsp3) is 1.00. The van der Waals surface area contributed by atoms with Gasteiger partial charge < -0.3 is 128 Å². The smallest absolute Gasteiger partial charge is 0.0701 e. The predicted octanol–water partition coefficient (Wildman–Crippen LogP) is 5.50. The number of hydrogen-bond acceptors (Lipinski definition) is 27. The quantitative estimate of drug-likeness (QED) is 0.0737. The molecule has 0 rings (SSSR count). The minimum absolute atomic E-state index is 0.0184. The first-order valence-electron chi connectivity index (χ1n) is 35.5. The molecule has 0 atom stereocenters. The standard InChI is InChI=1S/C67H136O27/c1-2-3-4-5-6-7-8-9-10-11-12-16-70-22-26-74-30-34-78-38-42-82-46-50-86-54-58-90-63-66-94-67-64-92-60-56-88-52-48-84-44-40-80-36-32-76-28-24-72-20-14-18-69-17-13-19-71-23-27-75-31-35-79-39-43-83-47-51-87-55-59-91-62-65-93-61-57-89-53-49-85-45-41-81-37-33-77-29-25-73-21-15-68/h68H,2-67H2,1H3. The van der Waals surface area contributed by atoms with Crippen molar-refractivity contribution in [2.75, 3.05) is 350 Å². The summed E-state index contributed by atoms with van der Waals surface area (Å²) in [6.45, 7) is 29.3. The molecule has 0 aliphatic rings. The monoisotopic (exact) mass is 1370 g/mol. The molecule has 94 heavy (non-hydrogen) atoms. The highest BCUT2D eigenvalue weighted by atomic mass is 16.6. The van der Waals surface area contributed by atoms with Crippen LogP contribution in [-0.4, -0.2) is 355 Å². The summed E-state index contributed by atoms with van der Waals surface area (Å²) in [5.74, 6) is 0. The molecular weight excluding hydrogens is 1240 g/mol. The Labute approximate surface area is 567 Å². The second kappa shape index (κ2) is 91.9. The van der Waals surface area contributed by atoms with Crippen LogP contribution in [0.4, 0.5) is 0 Å². The van der Waals surface area contributed by atoms with Crippen LogP contribution in [0.5, 0.6) is 0 Å². The fourth-order valence-corrected chi connectivity index (χ4v) is 7.82. The molecule has 0 heterocycles. The van der Waals surface area contributed by atoms with Crippen LogP contribution in [-0.2, 0) is 123 Å². The van der Waals surface area contributed by atoms with Crippen molar-refractivity contribution < 1.29 is 128 Å². The van der Waals surface area contributed by atoms with Crippen molar-refractivity contribution in [3.8, 4) is 0 Å².